The molecule has 5 aromatic rings. The van der Waals surface area contributed by atoms with Crippen molar-refractivity contribution in [2.24, 2.45) is 0 Å². The van der Waals surface area contributed by atoms with Crippen molar-refractivity contribution in [3.8, 4) is 33.8 Å². The molecule has 13 heteroatoms. The molecule has 0 spiro atoms. The minimum atomic E-state index is -0.639. The van der Waals surface area contributed by atoms with E-state index in [1.54, 1.807) is 24.3 Å². The highest BCUT2D eigenvalue weighted by Crippen LogP contribution is 2.46. The van der Waals surface area contributed by atoms with Gasteiger partial charge in [0.15, 0.2) is 23.3 Å². The predicted molar refractivity (Wildman–Crippen MR) is 151 cm³/mol. The topological polar surface area (TPSA) is 131 Å². The zero-order valence-electron chi connectivity index (χ0n) is 22.1. The highest BCUT2D eigenvalue weighted by atomic mass is 32.1. The molecule has 6 rings (SSSR count). The highest BCUT2D eigenvalue weighted by molar-refractivity contribution is 7.22. The van der Waals surface area contributed by atoms with Crippen LogP contribution in [0.25, 0.3) is 36.7 Å². The third kappa shape index (κ3) is 5.08. The lowest BCUT2D eigenvalue weighted by Gasteiger charge is -2.26. The summed E-state index contributed by atoms with van der Waals surface area (Å²) in [6, 6.07) is 8.58. The van der Waals surface area contributed by atoms with E-state index in [4.69, 9.17) is 35.2 Å². The Morgan fingerprint density at radius 1 is 1.12 bits per heavy atom. The van der Waals surface area contributed by atoms with E-state index in [0.29, 0.717) is 56.2 Å². The van der Waals surface area contributed by atoms with E-state index in [0.717, 1.165) is 15.8 Å². The van der Waals surface area contributed by atoms with Gasteiger partial charge in [-0.3, -0.25) is 5.32 Å². The number of hydrogen-bond donors (Lipinski definition) is 1. The summed E-state index contributed by atoms with van der Waals surface area (Å²) in [5.41, 5.74) is 4.39. The summed E-state index contributed by atoms with van der Waals surface area (Å²) >= 11 is 1.42. The molecule has 0 saturated carbocycles. The molecule has 0 saturated heterocycles. The molecule has 0 unspecified atom stereocenters. The summed E-state index contributed by atoms with van der Waals surface area (Å²) < 4.78 is 28.6. The van der Waals surface area contributed by atoms with Crippen LogP contribution in [0.4, 0.5) is 16.2 Å². The van der Waals surface area contributed by atoms with Crippen LogP contribution in [0, 0.1) is 13.5 Å². The molecule has 1 aliphatic rings. The molecule has 12 nitrogen and oxygen atoms in total. The Bertz CT molecular complexity index is 1840. The number of ether oxygens (including phenoxy) is 5. The Morgan fingerprint density at radius 3 is 2.73 bits per heavy atom. The van der Waals surface area contributed by atoms with Gasteiger partial charge < -0.3 is 23.7 Å². The van der Waals surface area contributed by atoms with Gasteiger partial charge >= 0.3 is 6.09 Å². The van der Waals surface area contributed by atoms with Crippen LogP contribution in [-0.4, -0.2) is 59.6 Å². The Morgan fingerprint density at radius 2 is 1.98 bits per heavy atom. The van der Waals surface area contributed by atoms with Gasteiger partial charge in [0.05, 0.1) is 55.4 Å². The molecule has 41 heavy (non-hydrogen) atoms. The van der Waals surface area contributed by atoms with Crippen LogP contribution in [0.2, 0.25) is 0 Å². The Hall–Kier alpha value is -5.22. The fraction of sp³-hybridized carbons (Fsp3) is 0.214. The number of fused-ring (bicyclic) bond motifs is 4. The van der Waals surface area contributed by atoms with E-state index in [2.05, 4.69) is 25.1 Å². The average Bonchev–Trinajstić information content (AvgIpc) is 3.46. The van der Waals surface area contributed by atoms with Crippen LogP contribution in [0.1, 0.15) is 5.56 Å². The predicted octanol–water partition coefficient (Wildman–Crippen LogP) is 5.57. The molecule has 1 atom stereocenters. The van der Waals surface area contributed by atoms with Crippen molar-refractivity contribution < 1.29 is 28.5 Å². The van der Waals surface area contributed by atoms with Crippen molar-refractivity contribution in [1.82, 2.24) is 19.9 Å². The van der Waals surface area contributed by atoms with Crippen LogP contribution < -0.4 is 24.3 Å². The number of methoxy groups -OCH3 is 2. The molecule has 4 heterocycles. The first-order chi connectivity index (χ1) is 19.9. The first-order valence-electron chi connectivity index (χ1n) is 12.4. The van der Waals surface area contributed by atoms with Crippen LogP contribution in [0.15, 0.2) is 42.7 Å². The maximum absolute atomic E-state index is 12.3. The van der Waals surface area contributed by atoms with Crippen LogP contribution in [0.5, 0.6) is 23.3 Å². The van der Waals surface area contributed by atoms with Gasteiger partial charge in [0.2, 0.25) is 11.8 Å². The van der Waals surface area contributed by atoms with Gasteiger partial charge in [0.25, 0.3) is 0 Å². The molecule has 0 bridgehead atoms. The lowest BCUT2D eigenvalue weighted by molar-refractivity contribution is 0.0383. The lowest BCUT2D eigenvalue weighted by atomic mass is 10.1. The van der Waals surface area contributed by atoms with Gasteiger partial charge in [-0.2, -0.15) is 0 Å². The summed E-state index contributed by atoms with van der Waals surface area (Å²) in [6.07, 6.45) is 1.87. The van der Waals surface area contributed by atoms with E-state index in [-0.39, 0.29) is 13.2 Å². The van der Waals surface area contributed by atoms with Crippen LogP contribution >= 0.6 is 11.3 Å². The van der Waals surface area contributed by atoms with Gasteiger partial charge in [-0.15, -0.1) is 11.3 Å². The molecular weight excluding hydrogens is 548 g/mol. The number of benzene rings is 2. The maximum atomic E-state index is 12.3. The number of amides is 1. The summed E-state index contributed by atoms with van der Waals surface area (Å²) in [7, 11) is 3.03. The molecule has 3 aromatic heterocycles. The molecule has 0 radical (unpaired) electrons. The Labute approximate surface area is 237 Å². The number of aromatic nitrogens is 4. The average molecular weight is 571 g/mol. The monoisotopic (exact) mass is 570 g/mol. The third-order valence-electron chi connectivity index (χ3n) is 6.26. The van der Waals surface area contributed by atoms with Crippen molar-refractivity contribution in [1.29, 1.82) is 0 Å². The van der Waals surface area contributed by atoms with Crippen molar-refractivity contribution in [2.75, 3.05) is 32.8 Å². The summed E-state index contributed by atoms with van der Waals surface area (Å²) in [6.45, 7) is 9.64. The van der Waals surface area contributed by atoms with Gasteiger partial charge in [-0.05, 0) is 36.8 Å². The summed E-state index contributed by atoms with van der Waals surface area (Å²) in [4.78, 5) is 33.8. The molecule has 1 N–H and O–H groups in total. The Kier molecular flexibility index (Phi) is 6.82. The molecule has 206 valence electrons. The van der Waals surface area contributed by atoms with E-state index in [9.17, 15) is 4.79 Å². The number of thiazole rings is 1. The van der Waals surface area contributed by atoms with Crippen LogP contribution in [-0.2, 0) is 4.74 Å². The smallest absolute Gasteiger partial charge is 0.411 e. The molecule has 1 amide bonds. The first-order valence-corrected chi connectivity index (χ1v) is 13.2. The zero-order valence-corrected chi connectivity index (χ0v) is 22.9. The minimum Gasteiger partial charge on any atom is -0.484 e. The van der Waals surface area contributed by atoms with Gasteiger partial charge in [-0.1, -0.05) is 0 Å². The van der Waals surface area contributed by atoms with Crippen molar-refractivity contribution in [2.45, 2.75) is 13.0 Å². The second kappa shape index (κ2) is 10.7. The molecule has 2 aromatic carbocycles. The molecule has 1 aliphatic heterocycles. The number of hydrogen-bond acceptors (Lipinski definition) is 11. The number of anilines is 1. The number of carbonyl (C=O) groups excluding carboxylic acids is 1. The minimum absolute atomic E-state index is 0.0164. The zero-order chi connectivity index (χ0) is 28.5. The van der Waals surface area contributed by atoms with Gasteiger partial charge in [-0.25, -0.2) is 29.6 Å². The number of nitrogens with one attached hydrogen (secondary N) is 1. The quantitative estimate of drug-likeness (QED) is 0.259. The standard InChI is InChI=1S/C28H22N6O6S/c1-14-7-20-25(38-12-17(40-20)13-39-28(35)32-15-5-6-21(36-3)30-10-15)26-23(14)34-27(41-26)18-8-16(29-2)9-19-24(18)31-11-22(33-19)37-4/h5-11,17H,12-13H2,1,3-4H3,(H,32,35)/t17-/m1/s1. The first kappa shape index (κ1) is 26.0. The normalized spacial score (nSPS) is 14.0. The maximum Gasteiger partial charge on any atom is 0.411 e. The van der Waals surface area contributed by atoms with E-state index >= 15 is 0 Å². The van der Waals surface area contributed by atoms with Crippen molar-refractivity contribution >= 4 is 50.1 Å². The number of aryl methyl sites for hydroxylation is 1. The second-order valence-electron chi connectivity index (χ2n) is 8.97. The van der Waals surface area contributed by atoms with Crippen molar-refractivity contribution in [3.05, 3.63) is 59.7 Å². The van der Waals surface area contributed by atoms with Crippen LogP contribution in [0.3, 0.4) is 0 Å². The second-order valence-corrected chi connectivity index (χ2v) is 9.97. The summed E-state index contributed by atoms with van der Waals surface area (Å²) in [5.74, 6) is 1.90. The fourth-order valence-corrected chi connectivity index (χ4v) is 5.46. The largest absolute Gasteiger partial charge is 0.484 e. The fourth-order valence-electron chi connectivity index (χ4n) is 4.31. The lowest BCUT2D eigenvalue weighted by Crippen LogP contribution is -2.35. The van der Waals surface area contributed by atoms with E-state index < -0.39 is 12.2 Å². The SMILES string of the molecule is [C-]#[N+]c1cc(-c2nc3c(C)cc4c(c3s2)OC[C@H](COC(=O)Nc2ccc(OC)nc2)O4)c2ncc(OC)nc2c1. The highest BCUT2D eigenvalue weighted by Gasteiger charge is 2.27. The van der Waals surface area contributed by atoms with E-state index in [1.807, 2.05) is 13.0 Å². The number of rotatable bonds is 6. The van der Waals surface area contributed by atoms with E-state index in [1.165, 1.54) is 38.0 Å². The number of nitrogens with zero attached hydrogens (tertiary/aromatic N) is 5. The number of pyridine rings is 1. The molecule has 0 aliphatic carbocycles. The number of carbonyl (C=O) groups is 1. The van der Waals surface area contributed by atoms with Crippen molar-refractivity contribution in [3.63, 3.8) is 0 Å². The molecular formula is C28H22N6O6S. The Balaban J connectivity index is 1.23. The van der Waals surface area contributed by atoms with Gasteiger partial charge in [0, 0.05) is 11.6 Å². The summed E-state index contributed by atoms with van der Waals surface area (Å²) in [5, 5.41) is 3.29. The third-order valence-corrected chi connectivity index (χ3v) is 7.34. The van der Waals surface area contributed by atoms with Gasteiger partial charge in [0.1, 0.15) is 22.9 Å². The molecule has 0 fully saturated rings.